The molecule has 0 spiro atoms. The number of urea groups is 2. The van der Waals surface area contributed by atoms with Gasteiger partial charge < -0.3 is 23.7 Å². The van der Waals surface area contributed by atoms with Crippen molar-refractivity contribution >= 4 is 23.7 Å². The summed E-state index contributed by atoms with van der Waals surface area (Å²) >= 11 is 0. The molecule has 1 unspecified atom stereocenters. The lowest BCUT2D eigenvalue weighted by Crippen LogP contribution is -2.66. The van der Waals surface area contributed by atoms with E-state index in [9.17, 15) is 27.6 Å². The van der Waals surface area contributed by atoms with Crippen LogP contribution in [0.4, 0.5) is 28.4 Å². The first-order valence-electron chi connectivity index (χ1n) is 23.9. The van der Waals surface area contributed by atoms with Gasteiger partial charge in [0.15, 0.2) is 0 Å². The van der Waals surface area contributed by atoms with Crippen molar-refractivity contribution in [2.45, 2.75) is 64.1 Å². The number of halogens is 3. The third kappa shape index (κ3) is 11.3. The van der Waals surface area contributed by atoms with Crippen LogP contribution < -0.4 is 15.8 Å². The van der Waals surface area contributed by atoms with Gasteiger partial charge in [0.2, 0.25) is 5.89 Å². The molecule has 5 fully saturated rings. The highest BCUT2D eigenvalue weighted by Crippen LogP contribution is 2.40. The molecule has 4 saturated heterocycles. The van der Waals surface area contributed by atoms with Gasteiger partial charge in [-0.3, -0.25) is 39.8 Å². The van der Waals surface area contributed by atoms with Crippen LogP contribution in [0.5, 0.6) is 0 Å². The molecule has 1 aliphatic carbocycles. The number of benzene rings is 1. The molecule has 21 heteroatoms. The minimum Gasteiger partial charge on any atom is -0.413 e. The molecular weight excluding hydrogens is 910 g/mol. The quantitative estimate of drug-likeness (QED) is 0.114. The molecule has 1 saturated carbocycles. The Balaban J connectivity index is 0.772. The SMILES string of the molecule is C/C=C\C=C(/C)N(Cc1ccc(-c2nnc(C(F)(F)F)o2)cn1)C(=O)N1CCN(C2COC2)C(C2CC(CNNC(=O)c3ccc(CN(C(=O)N4CCN(C5COC5)CC4)c4ccccc4)nc3)C2)C1. The van der Waals surface area contributed by atoms with Gasteiger partial charge in [-0.05, 0) is 81.0 Å². The van der Waals surface area contributed by atoms with Gasteiger partial charge in [-0.1, -0.05) is 30.4 Å². The zero-order valence-corrected chi connectivity index (χ0v) is 39.3. The fraction of sp³-hybridized carbons (Fsp3) is 0.490. The van der Waals surface area contributed by atoms with Crippen LogP contribution in [0, 0.1) is 11.8 Å². The van der Waals surface area contributed by atoms with E-state index in [2.05, 4.69) is 40.8 Å². The molecule has 18 nitrogen and oxygen atoms in total. The number of hydrogen-bond donors (Lipinski definition) is 2. The van der Waals surface area contributed by atoms with Gasteiger partial charge in [0.1, 0.15) is 0 Å². The molecule has 1 atom stereocenters. The molecule has 7 heterocycles. The van der Waals surface area contributed by atoms with Gasteiger partial charge in [0, 0.05) is 82.2 Å². The highest BCUT2D eigenvalue weighted by atomic mass is 19.4. The second-order valence-electron chi connectivity index (χ2n) is 18.5. The van der Waals surface area contributed by atoms with Crippen molar-refractivity contribution in [1.82, 2.24) is 55.5 Å². The van der Waals surface area contributed by atoms with E-state index in [0.717, 1.165) is 44.8 Å². The average Bonchev–Trinajstić information content (AvgIpc) is 3.84. The van der Waals surface area contributed by atoms with Gasteiger partial charge in [-0.15, -0.1) is 10.2 Å². The summed E-state index contributed by atoms with van der Waals surface area (Å²) in [6.07, 6.45) is 5.56. The van der Waals surface area contributed by atoms with E-state index in [1.165, 1.54) is 12.4 Å². The monoisotopic (exact) mass is 968 g/mol. The maximum atomic E-state index is 14.5. The molecule has 2 N–H and O–H groups in total. The van der Waals surface area contributed by atoms with Gasteiger partial charge in [-0.2, -0.15) is 13.2 Å². The lowest BCUT2D eigenvalue weighted by molar-refractivity contribution is -0.156. The largest absolute Gasteiger partial charge is 0.470 e. The van der Waals surface area contributed by atoms with Crippen LogP contribution in [0.2, 0.25) is 0 Å². The Morgan fingerprint density at radius 2 is 1.51 bits per heavy atom. The predicted octanol–water partition coefficient (Wildman–Crippen LogP) is 5.44. The van der Waals surface area contributed by atoms with Crippen LogP contribution in [0.1, 0.15) is 54.3 Å². The summed E-state index contributed by atoms with van der Waals surface area (Å²) in [7, 11) is 0. The molecule has 4 aromatic rings. The third-order valence-electron chi connectivity index (χ3n) is 13.9. The van der Waals surface area contributed by atoms with Crippen molar-refractivity contribution in [2.75, 3.05) is 83.7 Å². The zero-order valence-electron chi connectivity index (χ0n) is 39.3. The van der Waals surface area contributed by atoms with Crippen LogP contribution in [0.15, 0.2) is 95.3 Å². The van der Waals surface area contributed by atoms with Crippen molar-refractivity contribution < 1.29 is 41.4 Å². The molecule has 9 rings (SSSR count). The summed E-state index contributed by atoms with van der Waals surface area (Å²) in [6.45, 7) is 12.2. The number of para-hydroxylation sites is 1. The van der Waals surface area contributed by atoms with Crippen molar-refractivity contribution in [3.05, 3.63) is 114 Å². The minimum atomic E-state index is -4.76. The van der Waals surface area contributed by atoms with Crippen LogP contribution in [0.3, 0.4) is 0 Å². The fourth-order valence-corrected chi connectivity index (χ4v) is 9.58. The number of rotatable bonds is 15. The number of allylic oxidation sites excluding steroid dienone is 4. The highest BCUT2D eigenvalue weighted by Gasteiger charge is 2.45. The third-order valence-corrected chi connectivity index (χ3v) is 13.9. The molecule has 4 aliphatic heterocycles. The smallest absolute Gasteiger partial charge is 0.413 e. The number of nitrogens with zero attached hydrogens (tertiary/aromatic N) is 10. The summed E-state index contributed by atoms with van der Waals surface area (Å²) in [5.41, 5.74) is 9.26. The number of hydrogen-bond acceptors (Lipinski definition) is 13. The maximum absolute atomic E-state index is 14.5. The summed E-state index contributed by atoms with van der Waals surface area (Å²) in [4.78, 5) is 62.7. The Morgan fingerprint density at radius 3 is 2.14 bits per heavy atom. The standard InChI is InChI=1S/C49H59F3N12O6/c1-3-4-8-33(2)63(26-38-14-12-36(25-54-38)45-57-58-46(70-45)49(50,51)52)48(67)61-19-20-62(42-31-69-32-42)43(28-61)37-21-34(22-37)23-55-56-44(65)35-11-13-39(53-24-35)27-64(40-9-6-5-7-10-40)47(66)60-17-15-59(16-18-60)41-29-68-30-41/h3-14,24-25,34,37,41-43,55H,15-23,26-32H2,1-2H3,(H,56,65)/b4-3-,33-8+. The molecule has 3 aromatic heterocycles. The first-order chi connectivity index (χ1) is 33.9. The van der Waals surface area contributed by atoms with E-state index in [1.807, 2.05) is 72.2 Å². The Labute approximate surface area is 404 Å². The average molecular weight is 969 g/mol. The number of piperazine rings is 2. The molecule has 70 heavy (non-hydrogen) atoms. The maximum Gasteiger partial charge on any atom is 0.470 e. The van der Waals surface area contributed by atoms with Gasteiger partial charge >= 0.3 is 24.1 Å². The number of anilines is 1. The summed E-state index contributed by atoms with van der Waals surface area (Å²) < 4.78 is 55.0. The van der Waals surface area contributed by atoms with E-state index >= 15 is 0 Å². The van der Waals surface area contributed by atoms with E-state index in [0.29, 0.717) is 93.0 Å². The van der Waals surface area contributed by atoms with E-state index in [4.69, 9.17) is 13.9 Å². The lowest BCUT2D eigenvalue weighted by atomic mass is 9.70. The number of carbonyl (C=O) groups is 3. The Bertz CT molecular complexity index is 2470. The van der Waals surface area contributed by atoms with Crippen molar-refractivity contribution in [3.8, 4) is 11.5 Å². The predicted molar refractivity (Wildman–Crippen MR) is 250 cm³/mol. The first-order valence-corrected chi connectivity index (χ1v) is 23.9. The van der Waals surface area contributed by atoms with E-state index in [-0.39, 0.29) is 54.6 Å². The number of ether oxygens (including phenoxy) is 2. The van der Waals surface area contributed by atoms with Crippen LogP contribution in [-0.2, 0) is 28.7 Å². The van der Waals surface area contributed by atoms with E-state index < -0.39 is 12.1 Å². The number of carbonyl (C=O) groups excluding carboxylic acids is 3. The number of aromatic nitrogens is 4. The number of pyridine rings is 2. The molecule has 372 valence electrons. The van der Waals surface area contributed by atoms with E-state index in [1.54, 1.807) is 34.1 Å². The molecule has 5 amide bonds. The zero-order chi connectivity index (χ0) is 48.8. The van der Waals surface area contributed by atoms with Crippen molar-refractivity contribution in [3.63, 3.8) is 0 Å². The summed E-state index contributed by atoms with van der Waals surface area (Å²) in [5, 5.41) is 6.62. The number of alkyl halides is 3. The molecular formula is C49H59F3N12O6. The second-order valence-corrected chi connectivity index (χ2v) is 18.5. The topological polar surface area (TPSA) is 178 Å². The summed E-state index contributed by atoms with van der Waals surface area (Å²) in [6, 6.07) is 16.9. The summed E-state index contributed by atoms with van der Waals surface area (Å²) in [5.74, 6) is -1.41. The molecule has 0 bridgehead atoms. The minimum absolute atomic E-state index is 0.0768. The van der Waals surface area contributed by atoms with Crippen LogP contribution in [0.25, 0.3) is 11.5 Å². The second kappa shape index (κ2) is 21.8. The lowest BCUT2D eigenvalue weighted by Gasteiger charge is -2.53. The first kappa shape index (κ1) is 48.8. The van der Waals surface area contributed by atoms with Crippen molar-refractivity contribution in [1.29, 1.82) is 0 Å². The van der Waals surface area contributed by atoms with Crippen LogP contribution in [-0.4, -0.2) is 160 Å². The highest BCUT2D eigenvalue weighted by molar-refractivity contribution is 5.94. The van der Waals surface area contributed by atoms with Crippen LogP contribution >= 0.6 is 0 Å². The number of hydrazine groups is 1. The van der Waals surface area contributed by atoms with Gasteiger partial charge in [-0.25, -0.2) is 15.0 Å². The normalized spacial score (nSPS) is 21.8. The molecule has 5 aliphatic rings. The van der Waals surface area contributed by atoms with Gasteiger partial charge in [0.05, 0.1) is 74.1 Å². The molecule has 0 radical (unpaired) electrons. The fourth-order valence-electron chi connectivity index (χ4n) is 9.58. The van der Waals surface area contributed by atoms with Gasteiger partial charge in [0.25, 0.3) is 5.91 Å². The Morgan fingerprint density at radius 1 is 0.814 bits per heavy atom. The number of amides is 5. The number of nitrogens with one attached hydrogen (secondary N) is 2. The Kier molecular flexibility index (Phi) is 15.2. The van der Waals surface area contributed by atoms with Crippen molar-refractivity contribution in [2.24, 2.45) is 11.8 Å². The Hall–Kier alpha value is -6.26. The molecule has 1 aromatic carbocycles.